The van der Waals surface area contributed by atoms with Crippen LogP contribution in [0.5, 0.6) is 11.5 Å². The van der Waals surface area contributed by atoms with Gasteiger partial charge in [-0.3, -0.25) is 4.79 Å². The van der Waals surface area contributed by atoms with Crippen LogP contribution in [0.2, 0.25) is 0 Å². The van der Waals surface area contributed by atoms with E-state index >= 15 is 0 Å². The first kappa shape index (κ1) is 15.1. The minimum absolute atomic E-state index is 0.0843. The Bertz CT molecular complexity index is 660. The Morgan fingerprint density at radius 1 is 1.05 bits per heavy atom. The highest BCUT2D eigenvalue weighted by Crippen LogP contribution is 2.30. The second kappa shape index (κ2) is 6.44. The molecule has 0 heterocycles. The molecule has 0 fully saturated rings. The van der Waals surface area contributed by atoms with Crippen LogP contribution in [0, 0.1) is 13.8 Å². The summed E-state index contributed by atoms with van der Waals surface area (Å²) in [5, 5.41) is 0. The van der Waals surface area contributed by atoms with E-state index in [-0.39, 0.29) is 5.78 Å². The van der Waals surface area contributed by atoms with Crippen molar-refractivity contribution in [3.05, 3.63) is 58.7 Å². The lowest BCUT2D eigenvalue weighted by Crippen LogP contribution is -2.08. The molecule has 0 spiro atoms. The van der Waals surface area contributed by atoms with Gasteiger partial charge in [-0.2, -0.15) is 0 Å². The van der Waals surface area contributed by atoms with Gasteiger partial charge in [0.15, 0.2) is 5.78 Å². The van der Waals surface area contributed by atoms with Crippen molar-refractivity contribution in [3.63, 3.8) is 0 Å². The van der Waals surface area contributed by atoms with Gasteiger partial charge in [-0.1, -0.05) is 18.2 Å². The Balaban J connectivity index is 2.53. The normalized spacial score (nSPS) is 10.3. The highest BCUT2D eigenvalue weighted by molar-refractivity contribution is 6.12. The van der Waals surface area contributed by atoms with Crippen molar-refractivity contribution in [1.29, 1.82) is 0 Å². The minimum Gasteiger partial charge on any atom is -0.496 e. The number of ketones is 1. The molecule has 3 heteroatoms. The Kier molecular flexibility index (Phi) is 4.63. The summed E-state index contributed by atoms with van der Waals surface area (Å²) in [4.78, 5) is 12.8. The summed E-state index contributed by atoms with van der Waals surface area (Å²) in [5.74, 6) is 1.15. The second-order valence-corrected chi connectivity index (χ2v) is 4.85. The number of carbonyl (C=O) groups excluding carboxylic acids is 1. The summed E-state index contributed by atoms with van der Waals surface area (Å²) >= 11 is 0. The first-order valence-corrected chi connectivity index (χ1v) is 7.00. The molecule has 2 aromatic rings. The van der Waals surface area contributed by atoms with Crippen molar-refractivity contribution < 1.29 is 14.3 Å². The fourth-order valence-electron chi connectivity index (χ4n) is 2.31. The lowest BCUT2D eigenvalue weighted by molar-refractivity contribution is 0.103. The summed E-state index contributed by atoms with van der Waals surface area (Å²) in [5.41, 5.74) is 3.20. The molecule has 2 aromatic carbocycles. The van der Waals surface area contributed by atoms with E-state index in [1.54, 1.807) is 13.2 Å². The van der Waals surface area contributed by atoms with Crippen molar-refractivity contribution in [3.8, 4) is 11.5 Å². The lowest BCUT2D eigenvalue weighted by Gasteiger charge is -2.14. The monoisotopic (exact) mass is 284 g/mol. The van der Waals surface area contributed by atoms with Gasteiger partial charge >= 0.3 is 0 Å². The first-order valence-electron chi connectivity index (χ1n) is 7.00. The standard InChI is InChI=1S/C18H20O3/c1-5-21-16-9-7-6-8-14(16)17(19)15-11-10-12(2)13(3)18(15)20-4/h6-11H,5H2,1-4H3. The fourth-order valence-corrected chi connectivity index (χ4v) is 2.31. The summed E-state index contributed by atoms with van der Waals surface area (Å²) in [6.45, 7) is 6.38. The molecule has 0 N–H and O–H groups in total. The van der Waals surface area contributed by atoms with Crippen LogP contribution in [0.25, 0.3) is 0 Å². The molecular weight excluding hydrogens is 264 g/mol. The highest BCUT2D eigenvalue weighted by atomic mass is 16.5. The quantitative estimate of drug-likeness (QED) is 0.780. The molecule has 2 rings (SSSR count). The van der Waals surface area contributed by atoms with Crippen LogP contribution in [-0.4, -0.2) is 19.5 Å². The fraction of sp³-hybridized carbons (Fsp3) is 0.278. The Morgan fingerprint density at radius 2 is 1.76 bits per heavy atom. The van der Waals surface area contributed by atoms with E-state index in [0.29, 0.717) is 29.2 Å². The van der Waals surface area contributed by atoms with Gasteiger partial charge in [0.1, 0.15) is 11.5 Å². The Hall–Kier alpha value is -2.29. The zero-order valence-corrected chi connectivity index (χ0v) is 12.9. The summed E-state index contributed by atoms with van der Waals surface area (Å²) in [6, 6.07) is 11.0. The van der Waals surface area contributed by atoms with Gasteiger partial charge in [0.25, 0.3) is 0 Å². The van der Waals surface area contributed by atoms with Gasteiger partial charge in [-0.15, -0.1) is 0 Å². The van der Waals surface area contributed by atoms with Crippen molar-refractivity contribution in [2.24, 2.45) is 0 Å². The average Bonchev–Trinajstić information content (AvgIpc) is 2.50. The topological polar surface area (TPSA) is 35.5 Å². The number of carbonyl (C=O) groups is 1. The third kappa shape index (κ3) is 2.92. The predicted molar refractivity (Wildman–Crippen MR) is 83.5 cm³/mol. The van der Waals surface area contributed by atoms with Gasteiger partial charge < -0.3 is 9.47 Å². The third-order valence-corrected chi connectivity index (χ3v) is 3.56. The van der Waals surface area contributed by atoms with Crippen LogP contribution in [0.4, 0.5) is 0 Å². The molecule has 0 aromatic heterocycles. The van der Waals surface area contributed by atoms with Gasteiger partial charge in [0.05, 0.1) is 24.8 Å². The molecule has 0 unspecified atom stereocenters. The predicted octanol–water partition coefficient (Wildman–Crippen LogP) is 3.94. The Labute approximate surface area is 125 Å². The van der Waals surface area contributed by atoms with Gasteiger partial charge in [0, 0.05) is 0 Å². The lowest BCUT2D eigenvalue weighted by atomic mass is 9.97. The van der Waals surface area contributed by atoms with Crippen LogP contribution in [0.15, 0.2) is 36.4 Å². The molecular formula is C18H20O3. The molecule has 0 aliphatic rings. The molecule has 0 saturated carbocycles. The Morgan fingerprint density at radius 3 is 2.43 bits per heavy atom. The number of aryl methyl sites for hydroxylation is 1. The zero-order chi connectivity index (χ0) is 15.4. The minimum atomic E-state index is -0.0843. The van der Waals surface area contributed by atoms with Crippen LogP contribution in [0.3, 0.4) is 0 Å². The molecule has 0 aliphatic carbocycles. The largest absolute Gasteiger partial charge is 0.496 e. The van der Waals surface area contributed by atoms with Crippen molar-refractivity contribution in [2.75, 3.05) is 13.7 Å². The molecule has 110 valence electrons. The van der Waals surface area contributed by atoms with E-state index in [2.05, 4.69) is 0 Å². The molecule has 0 atom stereocenters. The smallest absolute Gasteiger partial charge is 0.200 e. The molecule has 0 radical (unpaired) electrons. The zero-order valence-electron chi connectivity index (χ0n) is 12.9. The number of hydrogen-bond donors (Lipinski definition) is 0. The maximum absolute atomic E-state index is 12.8. The molecule has 3 nitrogen and oxygen atoms in total. The maximum Gasteiger partial charge on any atom is 0.200 e. The first-order chi connectivity index (χ1) is 10.1. The molecule has 0 bridgehead atoms. The van der Waals surface area contributed by atoms with Gasteiger partial charge in [-0.25, -0.2) is 0 Å². The molecule has 21 heavy (non-hydrogen) atoms. The van der Waals surface area contributed by atoms with Crippen LogP contribution in [0.1, 0.15) is 34.0 Å². The number of para-hydroxylation sites is 1. The summed E-state index contributed by atoms with van der Waals surface area (Å²) in [7, 11) is 1.59. The third-order valence-electron chi connectivity index (χ3n) is 3.56. The SMILES string of the molecule is CCOc1ccccc1C(=O)c1ccc(C)c(C)c1OC. The number of benzene rings is 2. The van der Waals surface area contributed by atoms with E-state index in [0.717, 1.165) is 11.1 Å². The van der Waals surface area contributed by atoms with E-state index in [4.69, 9.17) is 9.47 Å². The van der Waals surface area contributed by atoms with Crippen LogP contribution >= 0.6 is 0 Å². The van der Waals surface area contributed by atoms with E-state index in [9.17, 15) is 4.79 Å². The molecule has 0 amide bonds. The number of hydrogen-bond acceptors (Lipinski definition) is 3. The number of ether oxygens (including phenoxy) is 2. The van der Waals surface area contributed by atoms with Gasteiger partial charge in [-0.05, 0) is 50.1 Å². The van der Waals surface area contributed by atoms with Crippen LogP contribution in [-0.2, 0) is 0 Å². The van der Waals surface area contributed by atoms with Gasteiger partial charge in [0.2, 0.25) is 0 Å². The number of methoxy groups -OCH3 is 1. The van der Waals surface area contributed by atoms with Crippen molar-refractivity contribution in [2.45, 2.75) is 20.8 Å². The van der Waals surface area contributed by atoms with Crippen molar-refractivity contribution >= 4 is 5.78 Å². The summed E-state index contributed by atoms with van der Waals surface area (Å²) < 4.78 is 11.0. The molecule has 0 saturated heterocycles. The second-order valence-electron chi connectivity index (χ2n) is 4.85. The highest BCUT2D eigenvalue weighted by Gasteiger charge is 2.20. The molecule has 0 aliphatic heterocycles. The number of rotatable bonds is 5. The maximum atomic E-state index is 12.8. The van der Waals surface area contributed by atoms with Crippen molar-refractivity contribution in [1.82, 2.24) is 0 Å². The van der Waals surface area contributed by atoms with Crippen LogP contribution < -0.4 is 9.47 Å². The van der Waals surface area contributed by atoms with E-state index in [1.807, 2.05) is 51.1 Å². The van der Waals surface area contributed by atoms with E-state index in [1.165, 1.54) is 0 Å². The van der Waals surface area contributed by atoms with E-state index < -0.39 is 0 Å². The average molecular weight is 284 g/mol. The summed E-state index contributed by atoms with van der Waals surface area (Å²) in [6.07, 6.45) is 0.